The van der Waals surface area contributed by atoms with Crippen LogP contribution in [0.5, 0.6) is 0 Å². The molecule has 58 valence electrons. The SMILES string of the molecule is CC(C)(C)CC1N=NCN1. The van der Waals surface area contributed by atoms with Gasteiger partial charge in [-0.15, -0.1) is 0 Å². The molecule has 0 amide bonds. The first-order valence-electron chi connectivity index (χ1n) is 3.68. The Balaban J connectivity index is 2.31. The van der Waals surface area contributed by atoms with Gasteiger partial charge in [-0.05, 0) is 11.8 Å². The van der Waals surface area contributed by atoms with Gasteiger partial charge in [0.05, 0.1) is 0 Å². The fourth-order valence-electron chi connectivity index (χ4n) is 1.02. The molecule has 1 rings (SSSR count). The van der Waals surface area contributed by atoms with Crippen molar-refractivity contribution in [3.63, 3.8) is 0 Å². The molecule has 0 bridgehead atoms. The molecular weight excluding hydrogens is 126 g/mol. The molecule has 1 aliphatic heterocycles. The van der Waals surface area contributed by atoms with Crippen molar-refractivity contribution in [2.45, 2.75) is 33.4 Å². The van der Waals surface area contributed by atoms with Crippen LogP contribution in [0.1, 0.15) is 27.2 Å². The number of hydrogen-bond donors (Lipinski definition) is 1. The molecule has 0 radical (unpaired) electrons. The van der Waals surface area contributed by atoms with Crippen molar-refractivity contribution in [1.29, 1.82) is 0 Å². The van der Waals surface area contributed by atoms with E-state index in [9.17, 15) is 0 Å². The standard InChI is InChI=1S/C7H15N3/c1-7(2,3)4-6-8-5-9-10-6/h6,8H,4-5H2,1-3H3. The topological polar surface area (TPSA) is 36.8 Å². The summed E-state index contributed by atoms with van der Waals surface area (Å²) in [6, 6.07) is 0. The number of rotatable bonds is 1. The van der Waals surface area contributed by atoms with Crippen LogP contribution in [-0.4, -0.2) is 12.8 Å². The van der Waals surface area contributed by atoms with Gasteiger partial charge in [-0.1, -0.05) is 20.8 Å². The van der Waals surface area contributed by atoms with E-state index in [1.54, 1.807) is 0 Å². The highest BCUT2D eigenvalue weighted by atomic mass is 15.3. The van der Waals surface area contributed by atoms with Crippen molar-refractivity contribution in [2.75, 3.05) is 6.67 Å². The second kappa shape index (κ2) is 2.66. The summed E-state index contributed by atoms with van der Waals surface area (Å²) in [7, 11) is 0. The van der Waals surface area contributed by atoms with Crippen LogP contribution in [0.3, 0.4) is 0 Å². The lowest BCUT2D eigenvalue weighted by Crippen LogP contribution is -2.26. The first kappa shape index (κ1) is 7.66. The summed E-state index contributed by atoms with van der Waals surface area (Å²) in [4.78, 5) is 0. The van der Waals surface area contributed by atoms with E-state index in [0.29, 0.717) is 12.1 Å². The summed E-state index contributed by atoms with van der Waals surface area (Å²) in [5.74, 6) is 0. The Morgan fingerprint density at radius 1 is 1.50 bits per heavy atom. The van der Waals surface area contributed by atoms with E-state index in [0.717, 1.165) is 6.42 Å². The van der Waals surface area contributed by atoms with Crippen molar-refractivity contribution < 1.29 is 0 Å². The van der Waals surface area contributed by atoms with Crippen molar-refractivity contribution in [3.05, 3.63) is 0 Å². The molecule has 1 aliphatic rings. The molecule has 1 unspecified atom stereocenters. The molecule has 1 atom stereocenters. The zero-order valence-corrected chi connectivity index (χ0v) is 6.89. The van der Waals surface area contributed by atoms with Gasteiger partial charge in [0.2, 0.25) is 0 Å². The van der Waals surface area contributed by atoms with Crippen LogP contribution in [0, 0.1) is 5.41 Å². The largest absolute Gasteiger partial charge is 0.274 e. The molecule has 1 N–H and O–H groups in total. The molecule has 3 nitrogen and oxygen atoms in total. The van der Waals surface area contributed by atoms with E-state index < -0.39 is 0 Å². The summed E-state index contributed by atoms with van der Waals surface area (Å²) in [5, 5.41) is 11.1. The summed E-state index contributed by atoms with van der Waals surface area (Å²) < 4.78 is 0. The number of nitrogens with zero attached hydrogens (tertiary/aromatic N) is 2. The highest BCUT2D eigenvalue weighted by Crippen LogP contribution is 2.22. The summed E-state index contributed by atoms with van der Waals surface area (Å²) in [5.41, 5.74) is 0.348. The normalized spacial score (nSPS) is 25.7. The van der Waals surface area contributed by atoms with E-state index in [1.165, 1.54) is 0 Å². The minimum absolute atomic E-state index is 0.264. The van der Waals surface area contributed by atoms with Crippen molar-refractivity contribution in [1.82, 2.24) is 5.32 Å². The van der Waals surface area contributed by atoms with Gasteiger partial charge in [0.1, 0.15) is 12.8 Å². The van der Waals surface area contributed by atoms with Gasteiger partial charge >= 0.3 is 0 Å². The van der Waals surface area contributed by atoms with Crippen LogP contribution >= 0.6 is 0 Å². The third kappa shape index (κ3) is 2.43. The fraction of sp³-hybridized carbons (Fsp3) is 1.00. The maximum absolute atomic E-state index is 4.03. The van der Waals surface area contributed by atoms with Crippen LogP contribution in [0.4, 0.5) is 0 Å². The predicted molar refractivity (Wildman–Crippen MR) is 40.7 cm³/mol. The fourth-order valence-corrected chi connectivity index (χ4v) is 1.02. The number of nitrogens with one attached hydrogen (secondary N) is 1. The number of hydrogen-bond acceptors (Lipinski definition) is 3. The average Bonchev–Trinajstić information content (AvgIpc) is 2.12. The van der Waals surface area contributed by atoms with Gasteiger partial charge in [-0.3, -0.25) is 5.32 Å². The number of azo groups is 1. The molecule has 0 aromatic heterocycles. The Labute approximate surface area is 61.9 Å². The van der Waals surface area contributed by atoms with Gasteiger partial charge in [-0.2, -0.15) is 10.2 Å². The summed E-state index contributed by atoms with van der Waals surface area (Å²) >= 11 is 0. The second-order valence-corrected chi connectivity index (χ2v) is 3.90. The Morgan fingerprint density at radius 3 is 2.60 bits per heavy atom. The monoisotopic (exact) mass is 141 g/mol. The molecule has 0 saturated heterocycles. The Kier molecular flexibility index (Phi) is 2.04. The first-order chi connectivity index (χ1) is 4.58. The van der Waals surface area contributed by atoms with E-state index in [-0.39, 0.29) is 6.17 Å². The zero-order chi connectivity index (χ0) is 7.61. The average molecular weight is 141 g/mol. The maximum Gasteiger partial charge on any atom is 0.122 e. The van der Waals surface area contributed by atoms with E-state index in [1.807, 2.05) is 0 Å². The van der Waals surface area contributed by atoms with Gasteiger partial charge in [0.15, 0.2) is 0 Å². The van der Waals surface area contributed by atoms with E-state index in [2.05, 4.69) is 36.3 Å². The summed E-state index contributed by atoms with van der Waals surface area (Å²) in [6.45, 7) is 7.33. The van der Waals surface area contributed by atoms with Gasteiger partial charge in [0, 0.05) is 0 Å². The molecule has 0 saturated carbocycles. The molecule has 3 heteroatoms. The van der Waals surface area contributed by atoms with Gasteiger partial charge in [0.25, 0.3) is 0 Å². The van der Waals surface area contributed by atoms with Gasteiger partial charge < -0.3 is 0 Å². The molecule has 10 heavy (non-hydrogen) atoms. The summed E-state index contributed by atoms with van der Waals surface area (Å²) in [6.07, 6.45) is 1.33. The van der Waals surface area contributed by atoms with Crippen molar-refractivity contribution in [2.24, 2.45) is 15.6 Å². The van der Waals surface area contributed by atoms with Crippen LogP contribution in [0.2, 0.25) is 0 Å². The second-order valence-electron chi connectivity index (χ2n) is 3.90. The lowest BCUT2D eigenvalue weighted by Gasteiger charge is -2.20. The molecule has 1 heterocycles. The first-order valence-corrected chi connectivity index (χ1v) is 3.68. The molecular formula is C7H15N3. The maximum atomic E-state index is 4.03. The minimum atomic E-state index is 0.264. The van der Waals surface area contributed by atoms with Crippen LogP contribution < -0.4 is 5.32 Å². The van der Waals surface area contributed by atoms with Crippen LogP contribution in [0.25, 0.3) is 0 Å². The van der Waals surface area contributed by atoms with Crippen molar-refractivity contribution in [3.8, 4) is 0 Å². The minimum Gasteiger partial charge on any atom is -0.274 e. The lowest BCUT2D eigenvalue weighted by molar-refractivity contribution is 0.326. The van der Waals surface area contributed by atoms with Crippen LogP contribution in [0.15, 0.2) is 10.2 Å². The predicted octanol–water partition coefficient (Wildman–Crippen LogP) is 1.76. The quantitative estimate of drug-likeness (QED) is 0.593. The zero-order valence-electron chi connectivity index (χ0n) is 6.89. The molecule has 0 fully saturated rings. The van der Waals surface area contributed by atoms with E-state index >= 15 is 0 Å². The lowest BCUT2D eigenvalue weighted by atomic mass is 9.91. The Bertz CT molecular complexity index is 134. The van der Waals surface area contributed by atoms with E-state index in [4.69, 9.17) is 0 Å². The molecule has 0 spiro atoms. The highest BCUT2D eigenvalue weighted by Gasteiger charge is 2.19. The smallest absolute Gasteiger partial charge is 0.122 e. The molecule has 0 aliphatic carbocycles. The third-order valence-electron chi connectivity index (χ3n) is 1.42. The molecule has 0 aromatic carbocycles. The van der Waals surface area contributed by atoms with Crippen molar-refractivity contribution >= 4 is 0 Å². The Hall–Kier alpha value is -0.440. The Morgan fingerprint density at radius 2 is 2.20 bits per heavy atom. The third-order valence-corrected chi connectivity index (χ3v) is 1.42. The highest BCUT2D eigenvalue weighted by molar-refractivity contribution is 4.73. The molecule has 0 aromatic rings. The van der Waals surface area contributed by atoms with Gasteiger partial charge in [-0.25, -0.2) is 0 Å². The van der Waals surface area contributed by atoms with Crippen LogP contribution in [-0.2, 0) is 0 Å².